The highest BCUT2D eigenvalue weighted by Gasteiger charge is 2.25. The van der Waals surface area contributed by atoms with Crippen LogP contribution in [0.3, 0.4) is 0 Å². The lowest BCUT2D eigenvalue weighted by molar-refractivity contribution is -0.143. The van der Waals surface area contributed by atoms with Crippen molar-refractivity contribution in [3.05, 3.63) is 0 Å². The van der Waals surface area contributed by atoms with Crippen LogP contribution < -0.4 is 5.32 Å². The lowest BCUT2D eigenvalue weighted by atomic mass is 10.1. The molecule has 0 aromatic rings. The number of hydrogen-bond donors (Lipinski definition) is 3. The monoisotopic (exact) mass is 304 g/mol. The van der Waals surface area contributed by atoms with Crippen molar-refractivity contribution in [2.45, 2.75) is 25.3 Å². The average molecular weight is 304 g/mol. The summed E-state index contributed by atoms with van der Waals surface area (Å²) >= 11 is 1.39. The van der Waals surface area contributed by atoms with Gasteiger partial charge in [0.25, 0.3) is 0 Å². The van der Waals surface area contributed by atoms with Gasteiger partial charge in [-0.25, -0.2) is 4.79 Å². The summed E-state index contributed by atoms with van der Waals surface area (Å²) < 4.78 is 0. The van der Waals surface area contributed by atoms with E-state index in [1.165, 1.54) is 16.7 Å². The van der Waals surface area contributed by atoms with Crippen molar-refractivity contribution in [3.8, 4) is 0 Å². The minimum Gasteiger partial charge on any atom is -0.481 e. The number of nitrogens with zero attached hydrogens (tertiary/aromatic N) is 1. The van der Waals surface area contributed by atoms with Crippen LogP contribution in [0.1, 0.15) is 19.3 Å². The maximum absolute atomic E-state index is 11.7. The first-order valence-electron chi connectivity index (χ1n) is 5.99. The molecule has 0 aromatic carbocycles. The van der Waals surface area contributed by atoms with Gasteiger partial charge in [-0.15, -0.1) is 11.8 Å². The van der Waals surface area contributed by atoms with Crippen molar-refractivity contribution in [1.82, 2.24) is 10.2 Å². The smallest absolute Gasteiger partial charge is 0.326 e. The van der Waals surface area contributed by atoms with Crippen LogP contribution in [0.25, 0.3) is 0 Å². The van der Waals surface area contributed by atoms with Crippen LogP contribution in [-0.4, -0.2) is 63.1 Å². The maximum Gasteiger partial charge on any atom is 0.326 e. The van der Waals surface area contributed by atoms with E-state index in [0.29, 0.717) is 11.6 Å². The highest BCUT2D eigenvalue weighted by molar-refractivity contribution is 8.00. The fourth-order valence-electron chi connectivity index (χ4n) is 1.67. The zero-order valence-electron chi connectivity index (χ0n) is 10.7. The molecule has 1 aliphatic heterocycles. The van der Waals surface area contributed by atoms with E-state index in [0.717, 1.165) is 0 Å². The topological polar surface area (TPSA) is 124 Å². The molecule has 1 saturated heterocycles. The summed E-state index contributed by atoms with van der Waals surface area (Å²) in [6.07, 6.45) is 0.0437. The normalized spacial score (nSPS) is 16.0. The Morgan fingerprint density at radius 2 is 2.05 bits per heavy atom. The summed E-state index contributed by atoms with van der Waals surface area (Å²) in [6, 6.07) is -1.13. The number of nitrogens with one attached hydrogen (secondary N) is 1. The third-order valence-electron chi connectivity index (χ3n) is 2.68. The zero-order valence-corrected chi connectivity index (χ0v) is 11.5. The number of amides is 2. The van der Waals surface area contributed by atoms with Crippen molar-refractivity contribution in [2.24, 2.45) is 0 Å². The molecule has 1 rings (SSSR count). The van der Waals surface area contributed by atoms with Crippen LogP contribution in [0.5, 0.6) is 0 Å². The third kappa shape index (κ3) is 5.47. The first-order valence-corrected chi connectivity index (χ1v) is 7.15. The van der Waals surface area contributed by atoms with E-state index in [9.17, 15) is 19.2 Å². The summed E-state index contributed by atoms with van der Waals surface area (Å²) in [5, 5.41) is 19.7. The van der Waals surface area contributed by atoms with Gasteiger partial charge in [-0.05, 0) is 12.8 Å². The Morgan fingerprint density at radius 3 is 2.55 bits per heavy atom. The third-order valence-corrected chi connectivity index (χ3v) is 3.62. The number of carbonyl (C=O) groups is 4. The van der Waals surface area contributed by atoms with Crippen LogP contribution >= 0.6 is 11.8 Å². The summed E-state index contributed by atoms with van der Waals surface area (Å²) in [5.41, 5.74) is 0. The van der Waals surface area contributed by atoms with Crippen LogP contribution in [-0.2, 0) is 19.2 Å². The van der Waals surface area contributed by atoms with E-state index in [1.54, 1.807) is 0 Å². The van der Waals surface area contributed by atoms with Gasteiger partial charge >= 0.3 is 11.9 Å². The van der Waals surface area contributed by atoms with E-state index in [4.69, 9.17) is 10.2 Å². The molecule has 1 fully saturated rings. The molecule has 0 saturated carbocycles. The molecule has 0 aliphatic carbocycles. The van der Waals surface area contributed by atoms with Crippen molar-refractivity contribution < 1.29 is 29.4 Å². The van der Waals surface area contributed by atoms with Crippen molar-refractivity contribution in [3.63, 3.8) is 0 Å². The molecule has 0 aromatic heterocycles. The number of carboxylic acid groups (broad SMARTS) is 2. The number of rotatable bonds is 8. The summed E-state index contributed by atoms with van der Waals surface area (Å²) in [5.74, 6) is -2.19. The van der Waals surface area contributed by atoms with Crippen LogP contribution in [0, 0.1) is 0 Å². The van der Waals surface area contributed by atoms with Crippen molar-refractivity contribution in [2.75, 3.05) is 18.2 Å². The standard InChI is InChI=1S/C11H16N2O6S/c14-8(4-13-6-20-5-9(13)15)12-7(11(18)19)2-1-3-10(16)17/h7H,1-6H2,(H,12,14)(H,16,17)(H,18,19)/t7-/m1/s1. The molecule has 8 nitrogen and oxygen atoms in total. The minimum absolute atomic E-state index is 0.0378. The summed E-state index contributed by atoms with van der Waals surface area (Å²) in [6.45, 7) is -0.172. The molecular formula is C11H16N2O6S. The number of hydrogen-bond acceptors (Lipinski definition) is 5. The minimum atomic E-state index is -1.22. The Hall–Kier alpha value is -1.77. The molecule has 0 radical (unpaired) electrons. The van der Waals surface area contributed by atoms with Crippen LogP contribution in [0.15, 0.2) is 0 Å². The Labute approximate surface area is 119 Å². The summed E-state index contributed by atoms with van der Waals surface area (Å²) in [4.78, 5) is 45.6. The predicted molar refractivity (Wildman–Crippen MR) is 70.1 cm³/mol. The lowest BCUT2D eigenvalue weighted by Crippen LogP contribution is -2.46. The lowest BCUT2D eigenvalue weighted by Gasteiger charge is -2.17. The maximum atomic E-state index is 11.7. The zero-order chi connectivity index (χ0) is 15.1. The van der Waals surface area contributed by atoms with Gasteiger partial charge < -0.3 is 20.4 Å². The van der Waals surface area contributed by atoms with E-state index in [-0.39, 0.29) is 31.7 Å². The Balaban J connectivity index is 2.40. The highest BCUT2D eigenvalue weighted by atomic mass is 32.2. The molecular weight excluding hydrogens is 288 g/mol. The number of carboxylic acids is 2. The molecule has 1 aliphatic rings. The predicted octanol–water partition coefficient (Wildman–Crippen LogP) is -0.656. The molecule has 112 valence electrons. The second-order valence-corrected chi connectivity index (χ2v) is 5.27. The molecule has 20 heavy (non-hydrogen) atoms. The van der Waals surface area contributed by atoms with E-state index in [2.05, 4.69) is 5.32 Å². The molecule has 3 N–H and O–H groups in total. The largest absolute Gasteiger partial charge is 0.481 e. The molecule has 0 unspecified atom stereocenters. The second kappa shape index (κ2) is 7.73. The Kier molecular flexibility index (Phi) is 6.29. The van der Waals surface area contributed by atoms with Gasteiger partial charge in [-0.2, -0.15) is 0 Å². The van der Waals surface area contributed by atoms with Gasteiger partial charge in [0, 0.05) is 6.42 Å². The molecule has 0 spiro atoms. The van der Waals surface area contributed by atoms with E-state index < -0.39 is 23.9 Å². The molecule has 2 amide bonds. The fraction of sp³-hybridized carbons (Fsp3) is 0.636. The first-order chi connectivity index (χ1) is 9.40. The van der Waals surface area contributed by atoms with Gasteiger partial charge in [0.05, 0.1) is 11.6 Å². The van der Waals surface area contributed by atoms with E-state index in [1.807, 2.05) is 0 Å². The highest BCUT2D eigenvalue weighted by Crippen LogP contribution is 2.14. The van der Waals surface area contributed by atoms with E-state index >= 15 is 0 Å². The summed E-state index contributed by atoms with van der Waals surface area (Å²) in [7, 11) is 0. The number of carbonyl (C=O) groups excluding carboxylic acids is 2. The van der Waals surface area contributed by atoms with Gasteiger partial charge in [0.1, 0.15) is 12.6 Å². The molecule has 1 heterocycles. The Morgan fingerprint density at radius 1 is 1.35 bits per heavy atom. The average Bonchev–Trinajstić information content (AvgIpc) is 2.73. The molecule has 9 heteroatoms. The SMILES string of the molecule is O=C(O)CCC[C@@H](NC(=O)CN1CSCC1=O)C(=O)O. The molecule has 1 atom stereocenters. The first kappa shape index (κ1) is 16.3. The Bertz CT molecular complexity index is 414. The molecule has 0 bridgehead atoms. The van der Waals surface area contributed by atoms with Crippen LogP contribution in [0.4, 0.5) is 0 Å². The van der Waals surface area contributed by atoms with Crippen molar-refractivity contribution >= 4 is 35.5 Å². The van der Waals surface area contributed by atoms with Gasteiger partial charge in [-0.1, -0.05) is 0 Å². The van der Waals surface area contributed by atoms with Crippen molar-refractivity contribution in [1.29, 1.82) is 0 Å². The number of thioether (sulfide) groups is 1. The number of aliphatic carboxylic acids is 2. The van der Waals surface area contributed by atoms with Gasteiger partial charge in [0.2, 0.25) is 11.8 Å². The van der Waals surface area contributed by atoms with Gasteiger partial charge in [-0.3, -0.25) is 14.4 Å². The quantitative estimate of drug-likeness (QED) is 0.544. The van der Waals surface area contributed by atoms with Crippen LogP contribution in [0.2, 0.25) is 0 Å². The van der Waals surface area contributed by atoms with Gasteiger partial charge in [0.15, 0.2) is 0 Å². The fourth-order valence-corrected chi connectivity index (χ4v) is 2.57. The second-order valence-electron chi connectivity index (χ2n) is 4.31.